The molecule has 0 aliphatic rings. The molecule has 0 bridgehead atoms. The molecule has 0 heterocycles. The van der Waals surface area contributed by atoms with Crippen LogP contribution in [-0.4, -0.2) is 17.2 Å². The van der Waals surface area contributed by atoms with Crippen molar-refractivity contribution in [2.45, 2.75) is 32.5 Å². The largest absolute Gasteiger partial charge is 0.459 e. The Morgan fingerprint density at radius 1 is 1.44 bits per heavy atom. The van der Waals surface area contributed by atoms with Crippen LogP contribution in [0.5, 0.6) is 0 Å². The number of carbonyl (C=O) groups excluding carboxylic acids is 1. The number of ether oxygens (including phenoxy) is 1. The van der Waals surface area contributed by atoms with Crippen molar-refractivity contribution in [1.29, 1.82) is 0 Å². The highest BCUT2D eigenvalue weighted by atomic mass is 35.5. The van der Waals surface area contributed by atoms with Gasteiger partial charge in [0.05, 0.1) is 11.7 Å². The van der Waals surface area contributed by atoms with Gasteiger partial charge in [0.15, 0.2) is 0 Å². The van der Waals surface area contributed by atoms with Gasteiger partial charge in [-0.2, -0.15) is 0 Å². The van der Waals surface area contributed by atoms with Crippen LogP contribution in [0.15, 0.2) is 36.4 Å². The van der Waals surface area contributed by atoms with Gasteiger partial charge in [0.1, 0.15) is 6.10 Å². The molecule has 0 aromatic heterocycles. The molecule has 0 fully saturated rings. The van der Waals surface area contributed by atoms with Crippen LogP contribution >= 0.6 is 11.6 Å². The molecule has 0 aliphatic heterocycles. The molecule has 0 aliphatic carbocycles. The third-order valence-electron chi connectivity index (χ3n) is 2.66. The van der Waals surface area contributed by atoms with Crippen LogP contribution in [0, 0.1) is 0 Å². The summed E-state index contributed by atoms with van der Waals surface area (Å²) in [6.07, 6.45) is -0.540. The van der Waals surface area contributed by atoms with Crippen LogP contribution in [0.25, 0.3) is 0 Å². The van der Waals surface area contributed by atoms with Gasteiger partial charge in [-0.1, -0.05) is 37.2 Å². The fourth-order valence-electron chi connectivity index (χ4n) is 1.30. The molecule has 1 aromatic carbocycles. The second kappa shape index (κ2) is 6.57. The summed E-state index contributed by atoms with van der Waals surface area (Å²) < 4.78 is 5.10. The molecule has 1 rings (SSSR count). The summed E-state index contributed by atoms with van der Waals surface area (Å²) in [5.41, 5.74) is 0.586. The maximum atomic E-state index is 11.7. The molecule has 1 N–H and O–H groups in total. The van der Waals surface area contributed by atoms with Gasteiger partial charge in [-0.3, -0.25) is 0 Å². The van der Waals surface area contributed by atoms with Crippen LogP contribution < -0.4 is 0 Å². The molecule has 3 nitrogen and oxygen atoms in total. The van der Waals surface area contributed by atoms with E-state index in [2.05, 4.69) is 6.58 Å². The van der Waals surface area contributed by atoms with Gasteiger partial charge in [0.25, 0.3) is 0 Å². The van der Waals surface area contributed by atoms with Gasteiger partial charge in [-0.05, 0) is 31.0 Å². The van der Waals surface area contributed by atoms with Crippen molar-refractivity contribution in [3.05, 3.63) is 47.0 Å². The van der Waals surface area contributed by atoms with E-state index in [4.69, 9.17) is 16.3 Å². The lowest BCUT2D eigenvalue weighted by molar-refractivity contribution is -0.144. The number of carbonyl (C=O) groups is 1. The van der Waals surface area contributed by atoms with Crippen LogP contribution in [0.2, 0.25) is 5.02 Å². The number of hydrogen-bond acceptors (Lipinski definition) is 3. The van der Waals surface area contributed by atoms with Gasteiger partial charge < -0.3 is 9.84 Å². The smallest absolute Gasteiger partial charge is 0.336 e. The summed E-state index contributed by atoms with van der Waals surface area (Å²) in [5, 5.41) is 10.6. The van der Waals surface area contributed by atoms with E-state index in [0.717, 1.165) is 6.42 Å². The average molecular weight is 269 g/mol. The van der Waals surface area contributed by atoms with Crippen molar-refractivity contribution < 1.29 is 14.6 Å². The zero-order valence-electron chi connectivity index (χ0n) is 10.5. The average Bonchev–Trinajstić information content (AvgIpc) is 2.37. The Morgan fingerprint density at radius 2 is 2.00 bits per heavy atom. The first-order chi connectivity index (χ1) is 8.45. The molecule has 0 amide bonds. The molecule has 0 radical (unpaired) electrons. The molecule has 98 valence electrons. The first kappa shape index (κ1) is 14.7. The molecule has 18 heavy (non-hydrogen) atoms. The molecule has 0 saturated heterocycles. The highest BCUT2D eigenvalue weighted by Crippen LogP contribution is 2.23. The second-order valence-electron chi connectivity index (χ2n) is 4.10. The molecule has 2 atom stereocenters. The Hall–Kier alpha value is -1.32. The van der Waals surface area contributed by atoms with Crippen molar-refractivity contribution in [1.82, 2.24) is 0 Å². The molecule has 0 spiro atoms. The minimum atomic E-state index is -1.07. The summed E-state index contributed by atoms with van der Waals surface area (Å²) in [7, 11) is 0. The summed E-state index contributed by atoms with van der Waals surface area (Å²) >= 11 is 5.75. The number of esters is 1. The number of hydrogen-bond donors (Lipinski definition) is 1. The SMILES string of the molecule is C=C(C(=O)OC(C)CC)C(O)c1ccc(Cl)cc1. The van der Waals surface area contributed by atoms with Crippen molar-refractivity contribution >= 4 is 17.6 Å². The highest BCUT2D eigenvalue weighted by Gasteiger charge is 2.20. The van der Waals surface area contributed by atoms with Gasteiger partial charge in [-0.15, -0.1) is 0 Å². The van der Waals surface area contributed by atoms with Crippen LogP contribution in [0.3, 0.4) is 0 Å². The van der Waals surface area contributed by atoms with Crippen molar-refractivity contribution in [3.63, 3.8) is 0 Å². The first-order valence-electron chi connectivity index (χ1n) is 5.79. The lowest BCUT2D eigenvalue weighted by atomic mass is 10.0. The zero-order chi connectivity index (χ0) is 13.7. The fourth-order valence-corrected chi connectivity index (χ4v) is 1.43. The molecule has 0 saturated carbocycles. The highest BCUT2D eigenvalue weighted by molar-refractivity contribution is 6.30. The molecule has 2 unspecified atom stereocenters. The minimum absolute atomic E-state index is 0.0256. The van der Waals surface area contributed by atoms with Gasteiger partial charge >= 0.3 is 5.97 Å². The van der Waals surface area contributed by atoms with E-state index in [1.807, 2.05) is 6.92 Å². The third-order valence-corrected chi connectivity index (χ3v) is 2.91. The first-order valence-corrected chi connectivity index (χ1v) is 6.16. The van der Waals surface area contributed by atoms with Crippen LogP contribution in [0.1, 0.15) is 31.9 Å². The van der Waals surface area contributed by atoms with E-state index < -0.39 is 12.1 Å². The topological polar surface area (TPSA) is 46.5 Å². The minimum Gasteiger partial charge on any atom is -0.459 e. The van der Waals surface area contributed by atoms with Gasteiger partial charge in [0.2, 0.25) is 0 Å². The number of rotatable bonds is 5. The predicted octanol–water partition coefficient (Wildman–Crippen LogP) is 3.27. The van der Waals surface area contributed by atoms with Gasteiger partial charge in [-0.25, -0.2) is 4.79 Å². The van der Waals surface area contributed by atoms with E-state index in [-0.39, 0.29) is 11.7 Å². The second-order valence-corrected chi connectivity index (χ2v) is 4.54. The van der Waals surface area contributed by atoms with Crippen LogP contribution in [-0.2, 0) is 9.53 Å². The van der Waals surface area contributed by atoms with E-state index in [1.54, 1.807) is 31.2 Å². The Balaban J connectivity index is 2.71. The molecular weight excluding hydrogens is 252 g/mol. The quantitative estimate of drug-likeness (QED) is 0.659. The lowest BCUT2D eigenvalue weighted by Gasteiger charge is -2.16. The number of halogens is 1. The van der Waals surface area contributed by atoms with E-state index in [0.29, 0.717) is 10.6 Å². The molecule has 4 heteroatoms. The predicted molar refractivity (Wildman–Crippen MR) is 71.4 cm³/mol. The normalized spacial score (nSPS) is 13.8. The number of benzene rings is 1. The number of aliphatic hydroxyl groups excluding tert-OH is 1. The van der Waals surface area contributed by atoms with Crippen molar-refractivity contribution in [2.24, 2.45) is 0 Å². The maximum Gasteiger partial charge on any atom is 0.336 e. The lowest BCUT2D eigenvalue weighted by Crippen LogP contribution is -2.18. The summed E-state index contributed by atoms with van der Waals surface area (Å²) in [6, 6.07) is 6.59. The number of aliphatic hydroxyl groups is 1. The van der Waals surface area contributed by atoms with Crippen LogP contribution in [0.4, 0.5) is 0 Å². The Bertz CT molecular complexity index is 425. The maximum absolute atomic E-state index is 11.7. The monoisotopic (exact) mass is 268 g/mol. The molecular formula is C14H17ClO3. The van der Waals surface area contributed by atoms with E-state index >= 15 is 0 Å². The fraction of sp³-hybridized carbons (Fsp3) is 0.357. The summed E-state index contributed by atoms with van der Waals surface area (Å²) in [4.78, 5) is 11.7. The van der Waals surface area contributed by atoms with E-state index in [9.17, 15) is 9.90 Å². The van der Waals surface area contributed by atoms with E-state index in [1.165, 1.54) is 0 Å². The van der Waals surface area contributed by atoms with Crippen molar-refractivity contribution in [3.8, 4) is 0 Å². The Kier molecular flexibility index (Phi) is 5.38. The Labute approximate surface area is 112 Å². The van der Waals surface area contributed by atoms with Gasteiger partial charge in [0, 0.05) is 5.02 Å². The third kappa shape index (κ3) is 3.86. The summed E-state index contributed by atoms with van der Waals surface area (Å²) in [5.74, 6) is -0.577. The standard InChI is InChI=1S/C14H17ClO3/c1-4-9(2)18-14(17)10(3)13(16)11-5-7-12(15)8-6-11/h5-9,13,16H,3-4H2,1-2H3. The Morgan fingerprint density at radius 3 is 2.50 bits per heavy atom. The van der Waals surface area contributed by atoms with Crippen molar-refractivity contribution in [2.75, 3.05) is 0 Å². The molecule has 1 aromatic rings. The summed E-state index contributed by atoms with van der Waals surface area (Å²) in [6.45, 7) is 7.29. The zero-order valence-corrected chi connectivity index (χ0v) is 11.3.